The highest BCUT2D eigenvalue weighted by atomic mass is 16.6. The zero-order valence-electron chi connectivity index (χ0n) is 10.8. The largest absolute Gasteiger partial charge is 0.329 e. The van der Waals surface area contributed by atoms with Gasteiger partial charge in [-0.15, -0.1) is 0 Å². The van der Waals surface area contributed by atoms with Crippen LogP contribution in [0, 0.1) is 10.1 Å². The number of nitro benzene ring substituents is 1. The average Bonchev–Trinajstić information content (AvgIpc) is 2.64. The molecule has 0 bridgehead atoms. The van der Waals surface area contributed by atoms with E-state index in [1.54, 1.807) is 6.92 Å². The van der Waals surface area contributed by atoms with Gasteiger partial charge in [-0.25, -0.2) is 4.79 Å². The van der Waals surface area contributed by atoms with Crippen molar-refractivity contribution in [2.45, 2.75) is 12.5 Å². The summed E-state index contributed by atoms with van der Waals surface area (Å²) in [7, 11) is 0. The molecular formula is C12H14N4O4. The Hall–Kier alpha value is -2.48. The molecule has 0 aromatic heterocycles. The van der Waals surface area contributed by atoms with E-state index in [1.165, 1.54) is 24.3 Å². The summed E-state index contributed by atoms with van der Waals surface area (Å²) in [5.74, 6) is -0.415. The SMILES string of the molecule is CC1(c2ccc([N+](=O)[O-])cc2)NC(=O)N(CCN)C1=O. The highest BCUT2D eigenvalue weighted by Gasteiger charge is 2.48. The number of nitrogens with two attached hydrogens (primary N) is 1. The second-order valence-corrected chi connectivity index (χ2v) is 4.60. The first-order chi connectivity index (χ1) is 9.40. The summed E-state index contributed by atoms with van der Waals surface area (Å²) in [5, 5.41) is 13.2. The molecule has 3 amide bonds. The molecule has 1 aromatic rings. The van der Waals surface area contributed by atoms with Gasteiger partial charge in [-0.1, -0.05) is 0 Å². The lowest BCUT2D eigenvalue weighted by molar-refractivity contribution is -0.384. The lowest BCUT2D eigenvalue weighted by Crippen LogP contribution is -2.41. The Labute approximate surface area is 114 Å². The smallest absolute Gasteiger partial charge is 0.325 e. The molecule has 1 aliphatic heterocycles. The van der Waals surface area contributed by atoms with E-state index in [9.17, 15) is 19.7 Å². The number of rotatable bonds is 4. The lowest BCUT2D eigenvalue weighted by atomic mass is 9.92. The number of carbonyl (C=O) groups excluding carboxylic acids is 2. The number of carbonyl (C=O) groups is 2. The van der Waals surface area contributed by atoms with E-state index in [4.69, 9.17) is 5.73 Å². The molecular weight excluding hydrogens is 264 g/mol. The van der Waals surface area contributed by atoms with Crippen molar-refractivity contribution < 1.29 is 14.5 Å². The van der Waals surface area contributed by atoms with Gasteiger partial charge in [0.25, 0.3) is 11.6 Å². The average molecular weight is 278 g/mol. The minimum Gasteiger partial charge on any atom is -0.329 e. The van der Waals surface area contributed by atoms with Crippen LogP contribution in [0.3, 0.4) is 0 Å². The molecule has 106 valence electrons. The van der Waals surface area contributed by atoms with Gasteiger partial charge in [0.15, 0.2) is 0 Å². The first-order valence-electron chi connectivity index (χ1n) is 5.99. The van der Waals surface area contributed by atoms with Crippen molar-refractivity contribution in [1.82, 2.24) is 10.2 Å². The number of nitrogens with zero attached hydrogens (tertiary/aromatic N) is 2. The van der Waals surface area contributed by atoms with Gasteiger partial charge in [-0.05, 0) is 24.6 Å². The van der Waals surface area contributed by atoms with Gasteiger partial charge in [0.1, 0.15) is 5.54 Å². The fraction of sp³-hybridized carbons (Fsp3) is 0.333. The lowest BCUT2D eigenvalue weighted by Gasteiger charge is -2.21. The first-order valence-corrected chi connectivity index (χ1v) is 5.99. The molecule has 0 spiro atoms. The molecule has 1 aliphatic rings. The van der Waals surface area contributed by atoms with Gasteiger partial charge in [-0.2, -0.15) is 0 Å². The molecule has 1 saturated heterocycles. The number of nitro groups is 1. The third-order valence-electron chi connectivity index (χ3n) is 3.28. The molecule has 0 radical (unpaired) electrons. The molecule has 1 aromatic carbocycles. The molecule has 8 nitrogen and oxygen atoms in total. The minimum absolute atomic E-state index is 0.0760. The van der Waals surface area contributed by atoms with Crippen LogP contribution in [0.4, 0.5) is 10.5 Å². The molecule has 1 unspecified atom stereocenters. The van der Waals surface area contributed by atoms with Crippen molar-refractivity contribution in [1.29, 1.82) is 0 Å². The summed E-state index contributed by atoms with van der Waals surface area (Å²) in [6.45, 7) is 1.87. The first kappa shape index (κ1) is 13.9. The Kier molecular flexibility index (Phi) is 3.41. The van der Waals surface area contributed by atoms with E-state index < -0.39 is 22.4 Å². The predicted molar refractivity (Wildman–Crippen MR) is 69.7 cm³/mol. The van der Waals surface area contributed by atoms with Crippen LogP contribution in [0.5, 0.6) is 0 Å². The van der Waals surface area contributed by atoms with E-state index in [0.717, 1.165) is 4.90 Å². The number of amides is 3. The topological polar surface area (TPSA) is 119 Å². The summed E-state index contributed by atoms with van der Waals surface area (Å²) in [6.07, 6.45) is 0. The Bertz CT molecular complexity index is 571. The summed E-state index contributed by atoms with van der Waals surface area (Å²) in [4.78, 5) is 35.2. The van der Waals surface area contributed by atoms with E-state index >= 15 is 0 Å². The van der Waals surface area contributed by atoms with Gasteiger partial charge in [-0.3, -0.25) is 19.8 Å². The van der Waals surface area contributed by atoms with Crippen molar-refractivity contribution in [2.75, 3.05) is 13.1 Å². The van der Waals surface area contributed by atoms with Crippen LogP contribution in [0.25, 0.3) is 0 Å². The quantitative estimate of drug-likeness (QED) is 0.467. The second kappa shape index (κ2) is 4.89. The highest BCUT2D eigenvalue weighted by Crippen LogP contribution is 2.29. The van der Waals surface area contributed by atoms with E-state index in [1.807, 2.05) is 0 Å². The Morgan fingerprint density at radius 2 is 1.95 bits per heavy atom. The van der Waals surface area contributed by atoms with Gasteiger partial charge in [0, 0.05) is 25.2 Å². The zero-order chi connectivity index (χ0) is 14.9. The number of hydrogen-bond donors (Lipinski definition) is 2. The van der Waals surface area contributed by atoms with Crippen LogP contribution >= 0.6 is 0 Å². The minimum atomic E-state index is -1.22. The third-order valence-corrected chi connectivity index (χ3v) is 3.28. The van der Waals surface area contributed by atoms with Crippen LogP contribution in [0.15, 0.2) is 24.3 Å². The fourth-order valence-electron chi connectivity index (χ4n) is 2.14. The molecule has 1 fully saturated rings. The van der Waals surface area contributed by atoms with Crippen molar-refractivity contribution >= 4 is 17.6 Å². The maximum absolute atomic E-state index is 12.3. The molecule has 3 N–H and O–H groups in total. The van der Waals surface area contributed by atoms with E-state index in [2.05, 4.69) is 5.32 Å². The van der Waals surface area contributed by atoms with Gasteiger partial charge >= 0.3 is 6.03 Å². The van der Waals surface area contributed by atoms with Crippen LogP contribution in [0.1, 0.15) is 12.5 Å². The monoisotopic (exact) mass is 278 g/mol. The van der Waals surface area contributed by atoms with E-state index in [-0.39, 0.29) is 18.8 Å². The van der Waals surface area contributed by atoms with Crippen molar-refractivity contribution in [2.24, 2.45) is 5.73 Å². The van der Waals surface area contributed by atoms with Crippen LogP contribution in [0.2, 0.25) is 0 Å². The number of hydrogen-bond acceptors (Lipinski definition) is 5. The van der Waals surface area contributed by atoms with Crippen LogP contribution in [-0.4, -0.2) is 34.9 Å². The van der Waals surface area contributed by atoms with Gasteiger partial charge < -0.3 is 11.1 Å². The molecule has 20 heavy (non-hydrogen) atoms. The molecule has 1 heterocycles. The highest BCUT2D eigenvalue weighted by molar-refractivity contribution is 6.07. The summed E-state index contributed by atoms with van der Waals surface area (Å²) in [6, 6.07) is 5.00. The normalized spacial score (nSPS) is 22.0. The molecule has 2 rings (SSSR count). The van der Waals surface area contributed by atoms with Gasteiger partial charge in [0.2, 0.25) is 0 Å². The molecule has 0 saturated carbocycles. The third kappa shape index (κ3) is 2.10. The predicted octanol–water partition coefficient (Wildman–Crippen LogP) is 0.320. The van der Waals surface area contributed by atoms with Crippen LogP contribution < -0.4 is 11.1 Å². The summed E-state index contributed by atoms with van der Waals surface area (Å²) in [5.41, 5.74) is 4.55. The Balaban J connectivity index is 2.34. The second-order valence-electron chi connectivity index (χ2n) is 4.60. The van der Waals surface area contributed by atoms with Crippen molar-refractivity contribution in [3.05, 3.63) is 39.9 Å². The van der Waals surface area contributed by atoms with Crippen LogP contribution in [-0.2, 0) is 10.3 Å². The zero-order valence-corrected chi connectivity index (χ0v) is 10.8. The summed E-state index contributed by atoms with van der Waals surface area (Å²) < 4.78 is 0. The Morgan fingerprint density at radius 3 is 2.45 bits per heavy atom. The van der Waals surface area contributed by atoms with Gasteiger partial charge in [0.05, 0.1) is 4.92 Å². The van der Waals surface area contributed by atoms with Crippen molar-refractivity contribution in [3.8, 4) is 0 Å². The maximum Gasteiger partial charge on any atom is 0.325 e. The molecule has 8 heteroatoms. The molecule has 1 atom stereocenters. The van der Waals surface area contributed by atoms with E-state index in [0.29, 0.717) is 5.56 Å². The number of benzene rings is 1. The number of imide groups is 1. The molecule has 0 aliphatic carbocycles. The summed E-state index contributed by atoms with van der Waals surface area (Å²) >= 11 is 0. The van der Waals surface area contributed by atoms with Crippen molar-refractivity contribution in [3.63, 3.8) is 0 Å². The number of non-ortho nitro benzene ring substituents is 1. The standard InChI is InChI=1S/C12H14N4O4/c1-12(8-2-4-9(5-3-8)16(19)20)10(17)15(7-6-13)11(18)14-12/h2-5H,6-7,13H2,1H3,(H,14,18). The number of urea groups is 1. The fourth-order valence-corrected chi connectivity index (χ4v) is 2.14. The Morgan fingerprint density at radius 1 is 1.35 bits per heavy atom. The number of nitrogens with one attached hydrogen (secondary N) is 1. The maximum atomic E-state index is 12.3.